The van der Waals surface area contributed by atoms with Crippen molar-refractivity contribution >= 4 is 5.91 Å². The molecule has 2 heterocycles. The maximum absolute atomic E-state index is 12.4. The molecule has 2 saturated heterocycles. The van der Waals surface area contributed by atoms with Gasteiger partial charge in [-0.3, -0.25) is 4.79 Å². The number of carbonyl (C=O) groups excluding carboxylic acids is 1. The van der Waals surface area contributed by atoms with Crippen LogP contribution in [0, 0.1) is 5.41 Å². The van der Waals surface area contributed by atoms with E-state index >= 15 is 0 Å². The number of ether oxygens (including phenoxy) is 2. The molecule has 0 aliphatic carbocycles. The monoisotopic (exact) mass is 338 g/mol. The Kier molecular flexibility index (Phi) is 7.72. The van der Waals surface area contributed by atoms with Gasteiger partial charge in [0.05, 0.1) is 6.10 Å². The Morgan fingerprint density at radius 3 is 2.58 bits per heavy atom. The second-order valence-corrected chi connectivity index (χ2v) is 7.65. The summed E-state index contributed by atoms with van der Waals surface area (Å²) >= 11 is 0. The van der Waals surface area contributed by atoms with Crippen molar-refractivity contribution in [3.05, 3.63) is 12.2 Å². The predicted octanol–water partition coefficient (Wildman–Crippen LogP) is 2.32. The van der Waals surface area contributed by atoms with Crippen LogP contribution in [0.15, 0.2) is 12.2 Å². The van der Waals surface area contributed by atoms with E-state index in [9.17, 15) is 4.79 Å². The van der Waals surface area contributed by atoms with Crippen molar-refractivity contribution in [3.8, 4) is 0 Å². The van der Waals surface area contributed by atoms with Gasteiger partial charge in [0, 0.05) is 32.9 Å². The molecule has 0 spiro atoms. The smallest absolute Gasteiger partial charge is 0.246 e. The molecule has 2 aliphatic heterocycles. The zero-order chi connectivity index (χ0) is 17.4. The van der Waals surface area contributed by atoms with Crippen LogP contribution in [0.2, 0.25) is 0 Å². The van der Waals surface area contributed by atoms with Gasteiger partial charge in [0.1, 0.15) is 0 Å². The summed E-state index contributed by atoms with van der Waals surface area (Å²) in [6.45, 7) is 7.30. The van der Waals surface area contributed by atoms with Crippen LogP contribution in [0.5, 0.6) is 0 Å². The lowest BCUT2D eigenvalue weighted by molar-refractivity contribution is -0.128. The molecule has 138 valence electrons. The maximum atomic E-state index is 12.4. The fourth-order valence-electron chi connectivity index (χ4n) is 3.26. The highest BCUT2D eigenvalue weighted by molar-refractivity contribution is 5.87. The highest BCUT2D eigenvalue weighted by Gasteiger charge is 2.26. The molecule has 0 unspecified atom stereocenters. The topological polar surface area (TPSA) is 42.0 Å². The van der Waals surface area contributed by atoms with E-state index < -0.39 is 0 Å². The van der Waals surface area contributed by atoms with Gasteiger partial charge in [-0.2, -0.15) is 0 Å². The van der Waals surface area contributed by atoms with Gasteiger partial charge in [-0.25, -0.2) is 0 Å². The van der Waals surface area contributed by atoms with Crippen LogP contribution in [0.25, 0.3) is 0 Å². The van der Waals surface area contributed by atoms with Crippen molar-refractivity contribution < 1.29 is 14.3 Å². The summed E-state index contributed by atoms with van der Waals surface area (Å²) in [6, 6.07) is 0. The lowest BCUT2D eigenvalue weighted by Gasteiger charge is -2.32. The first kappa shape index (κ1) is 19.4. The van der Waals surface area contributed by atoms with Gasteiger partial charge < -0.3 is 19.3 Å². The number of amides is 1. The number of likely N-dealkylation sites (tertiary alicyclic amines) is 1. The van der Waals surface area contributed by atoms with Crippen molar-refractivity contribution in [2.75, 3.05) is 53.6 Å². The molecule has 2 rings (SSSR count). The van der Waals surface area contributed by atoms with Crippen molar-refractivity contribution in [2.24, 2.45) is 5.41 Å². The number of carbonyl (C=O) groups is 1. The van der Waals surface area contributed by atoms with Crippen molar-refractivity contribution in [3.63, 3.8) is 0 Å². The summed E-state index contributed by atoms with van der Waals surface area (Å²) < 4.78 is 11.3. The summed E-state index contributed by atoms with van der Waals surface area (Å²) in [7, 11) is 4.16. The molecule has 24 heavy (non-hydrogen) atoms. The molecule has 0 atom stereocenters. The van der Waals surface area contributed by atoms with Gasteiger partial charge in [0.15, 0.2) is 0 Å². The highest BCUT2D eigenvalue weighted by Crippen LogP contribution is 2.31. The first-order valence-corrected chi connectivity index (χ1v) is 9.31. The second kappa shape index (κ2) is 9.54. The van der Waals surface area contributed by atoms with E-state index in [0.29, 0.717) is 6.10 Å². The Morgan fingerprint density at radius 2 is 1.96 bits per heavy atom. The largest absolute Gasteiger partial charge is 0.381 e. The number of hydrogen-bond acceptors (Lipinski definition) is 4. The molecule has 2 fully saturated rings. The summed E-state index contributed by atoms with van der Waals surface area (Å²) in [5.41, 5.74) is 0.113. The summed E-state index contributed by atoms with van der Waals surface area (Å²) in [5.74, 6) is 0.147. The summed E-state index contributed by atoms with van der Waals surface area (Å²) in [5, 5.41) is 0. The van der Waals surface area contributed by atoms with Gasteiger partial charge in [0.25, 0.3) is 0 Å². The first-order chi connectivity index (χ1) is 11.5. The lowest BCUT2D eigenvalue weighted by atomic mass is 9.82. The summed E-state index contributed by atoms with van der Waals surface area (Å²) in [6.07, 6.45) is 9.16. The molecule has 0 aromatic carbocycles. The Hall–Kier alpha value is -0.910. The third-order valence-corrected chi connectivity index (χ3v) is 5.12. The van der Waals surface area contributed by atoms with Crippen LogP contribution < -0.4 is 0 Å². The molecule has 1 amide bonds. The lowest BCUT2D eigenvalue weighted by Crippen LogP contribution is -2.40. The SMILES string of the molecule is CN(C)CCCOC1CCN(C(=O)C=CC2(C)CCOCC2)CC1. The molecule has 5 nitrogen and oxygen atoms in total. The van der Waals surface area contributed by atoms with Crippen LogP contribution in [0.4, 0.5) is 0 Å². The van der Waals surface area contributed by atoms with Gasteiger partial charge in [-0.1, -0.05) is 13.0 Å². The Labute approximate surface area is 147 Å². The molecule has 0 bridgehead atoms. The predicted molar refractivity (Wildman–Crippen MR) is 96.0 cm³/mol. The van der Waals surface area contributed by atoms with Gasteiger partial charge in [-0.05, 0) is 64.2 Å². The van der Waals surface area contributed by atoms with Crippen LogP contribution in [0.3, 0.4) is 0 Å². The molecular formula is C19H34N2O3. The normalized spacial score (nSPS) is 22.4. The van der Waals surface area contributed by atoms with E-state index in [0.717, 1.165) is 71.6 Å². The fourth-order valence-corrected chi connectivity index (χ4v) is 3.26. The number of allylic oxidation sites excluding steroid dienone is 1. The quantitative estimate of drug-likeness (QED) is 0.528. The highest BCUT2D eigenvalue weighted by atomic mass is 16.5. The zero-order valence-corrected chi connectivity index (χ0v) is 15.6. The minimum atomic E-state index is 0.113. The molecule has 5 heteroatoms. The second-order valence-electron chi connectivity index (χ2n) is 7.65. The van der Waals surface area contributed by atoms with Gasteiger partial charge in [-0.15, -0.1) is 0 Å². The third kappa shape index (κ3) is 6.54. The first-order valence-electron chi connectivity index (χ1n) is 9.31. The average Bonchev–Trinajstić information content (AvgIpc) is 2.58. The number of piperidine rings is 1. The zero-order valence-electron chi connectivity index (χ0n) is 15.6. The van der Waals surface area contributed by atoms with Crippen LogP contribution in [-0.4, -0.2) is 75.4 Å². The van der Waals surface area contributed by atoms with Crippen LogP contribution in [-0.2, 0) is 14.3 Å². The molecule has 0 saturated carbocycles. The Morgan fingerprint density at radius 1 is 1.29 bits per heavy atom. The molecular weight excluding hydrogens is 304 g/mol. The van der Waals surface area contributed by atoms with Crippen LogP contribution >= 0.6 is 0 Å². The molecule has 0 aromatic rings. The van der Waals surface area contributed by atoms with E-state index in [4.69, 9.17) is 9.47 Å². The number of nitrogens with zero attached hydrogens (tertiary/aromatic N) is 2. The van der Waals surface area contributed by atoms with Crippen LogP contribution in [0.1, 0.15) is 39.0 Å². The maximum Gasteiger partial charge on any atom is 0.246 e. The molecule has 0 aromatic heterocycles. The standard InChI is InChI=1S/C19H34N2O3/c1-19(9-15-23-16-10-19)8-5-18(22)21-12-6-17(7-13-21)24-14-4-11-20(2)3/h5,8,17H,4,6-7,9-16H2,1-3H3. The van der Waals surface area contributed by atoms with E-state index in [1.54, 1.807) is 6.08 Å². The van der Waals surface area contributed by atoms with E-state index in [1.165, 1.54) is 0 Å². The third-order valence-electron chi connectivity index (χ3n) is 5.12. The van der Waals surface area contributed by atoms with Crippen molar-refractivity contribution in [1.82, 2.24) is 9.80 Å². The van der Waals surface area contributed by atoms with Crippen molar-refractivity contribution in [1.29, 1.82) is 0 Å². The molecule has 0 N–H and O–H groups in total. The Balaban J connectivity index is 1.67. The summed E-state index contributed by atoms with van der Waals surface area (Å²) in [4.78, 5) is 16.5. The van der Waals surface area contributed by atoms with E-state index in [1.807, 2.05) is 4.90 Å². The molecule has 2 aliphatic rings. The average molecular weight is 338 g/mol. The number of rotatable bonds is 7. The van der Waals surface area contributed by atoms with Gasteiger partial charge in [0.2, 0.25) is 5.91 Å². The van der Waals surface area contributed by atoms with Crippen molar-refractivity contribution in [2.45, 2.75) is 45.1 Å². The van der Waals surface area contributed by atoms with Gasteiger partial charge >= 0.3 is 0 Å². The van der Waals surface area contributed by atoms with E-state index in [2.05, 4.69) is 32.0 Å². The molecule has 0 radical (unpaired) electrons. The Bertz CT molecular complexity index is 409. The number of hydrogen-bond donors (Lipinski definition) is 0. The minimum absolute atomic E-state index is 0.113. The van der Waals surface area contributed by atoms with E-state index in [-0.39, 0.29) is 11.3 Å². The minimum Gasteiger partial charge on any atom is -0.381 e. The fraction of sp³-hybridized carbons (Fsp3) is 0.842.